The summed E-state index contributed by atoms with van der Waals surface area (Å²) in [6.07, 6.45) is -3.68. The molecule has 0 saturated carbocycles. The molecule has 0 aliphatic carbocycles. The number of esters is 1. The van der Waals surface area contributed by atoms with Crippen LogP contribution in [-0.2, 0) is 20.5 Å². The van der Waals surface area contributed by atoms with E-state index in [1.54, 1.807) is 21.8 Å². The highest BCUT2D eigenvalue weighted by atomic mass is 19.4. The predicted octanol–water partition coefficient (Wildman–Crippen LogP) is 4.18. The molecule has 0 spiro atoms. The maximum Gasteiger partial charge on any atom is 0.416 e. The van der Waals surface area contributed by atoms with E-state index in [2.05, 4.69) is 10.4 Å². The minimum atomic E-state index is -4.70. The number of ether oxygens (including phenoxy) is 1. The lowest BCUT2D eigenvalue weighted by Gasteiger charge is -2.32. The van der Waals surface area contributed by atoms with Gasteiger partial charge >= 0.3 is 12.1 Å². The van der Waals surface area contributed by atoms with E-state index in [1.165, 1.54) is 6.92 Å². The fraction of sp³-hybridized carbons (Fsp3) is 0.500. The molecule has 0 radical (unpaired) electrons. The molecule has 1 aromatic carbocycles. The van der Waals surface area contributed by atoms with E-state index < -0.39 is 46.2 Å². The Labute approximate surface area is 199 Å². The number of benzene rings is 1. The van der Waals surface area contributed by atoms with Crippen molar-refractivity contribution >= 4 is 29.1 Å². The lowest BCUT2D eigenvalue weighted by molar-refractivity contribution is -0.384. The van der Waals surface area contributed by atoms with Crippen LogP contribution in [0.4, 0.5) is 30.4 Å². The van der Waals surface area contributed by atoms with Gasteiger partial charge in [-0.05, 0) is 45.7 Å². The van der Waals surface area contributed by atoms with E-state index in [0.717, 1.165) is 12.1 Å². The van der Waals surface area contributed by atoms with Crippen molar-refractivity contribution < 1.29 is 32.4 Å². The lowest BCUT2D eigenvalue weighted by atomic mass is 9.96. The standard InChI is InChI=1S/C22H26F3N5O5/c1-13(2)29-19(6-9-26-29)27-20(31)14(3)35-21(32)15-7-10-28(11-8-15)17-5-4-16(22(23,24)25)12-18(17)30(33)34/h4-6,9,12-15H,7-8,10-11H2,1-3H3,(H,27,31). The Balaban J connectivity index is 1.58. The minimum absolute atomic E-state index is 0.0174. The zero-order chi connectivity index (χ0) is 25.9. The van der Waals surface area contributed by atoms with Crippen LogP contribution in [0.2, 0.25) is 0 Å². The van der Waals surface area contributed by atoms with Crippen LogP contribution in [0.25, 0.3) is 0 Å². The SMILES string of the molecule is CC(OC(=O)C1CCN(c2ccc(C(F)(F)F)cc2[N+](=O)[O-])CC1)C(=O)Nc1ccnn1C(C)C. The topological polar surface area (TPSA) is 120 Å². The highest BCUT2D eigenvalue weighted by Crippen LogP contribution is 2.37. The summed E-state index contributed by atoms with van der Waals surface area (Å²) in [6, 6.07) is 4.04. The molecule has 2 heterocycles. The molecule has 0 bridgehead atoms. The van der Waals surface area contributed by atoms with Crippen molar-refractivity contribution in [3.8, 4) is 0 Å². The molecule has 1 fully saturated rings. The Morgan fingerprint density at radius 3 is 2.43 bits per heavy atom. The highest BCUT2D eigenvalue weighted by molar-refractivity contribution is 5.94. The molecule has 1 saturated heterocycles. The van der Waals surface area contributed by atoms with Crippen LogP contribution in [0.15, 0.2) is 30.5 Å². The van der Waals surface area contributed by atoms with Gasteiger partial charge < -0.3 is 15.0 Å². The summed E-state index contributed by atoms with van der Waals surface area (Å²) in [5.74, 6) is -1.17. The van der Waals surface area contributed by atoms with Crippen LogP contribution in [0, 0.1) is 16.0 Å². The minimum Gasteiger partial charge on any atom is -0.452 e. The van der Waals surface area contributed by atoms with Crippen molar-refractivity contribution in [3.63, 3.8) is 0 Å². The van der Waals surface area contributed by atoms with Crippen LogP contribution in [-0.4, -0.2) is 45.8 Å². The van der Waals surface area contributed by atoms with Gasteiger partial charge in [0.05, 0.1) is 22.6 Å². The van der Waals surface area contributed by atoms with Gasteiger partial charge in [-0.25, -0.2) is 4.68 Å². The van der Waals surface area contributed by atoms with Gasteiger partial charge in [-0.3, -0.25) is 19.7 Å². The van der Waals surface area contributed by atoms with Gasteiger partial charge in [0.25, 0.3) is 11.6 Å². The van der Waals surface area contributed by atoms with E-state index in [-0.39, 0.29) is 37.7 Å². The molecule has 13 heteroatoms. The Morgan fingerprint density at radius 2 is 1.86 bits per heavy atom. The highest BCUT2D eigenvalue weighted by Gasteiger charge is 2.35. The second-order valence-electron chi connectivity index (χ2n) is 8.54. The number of nitrogens with one attached hydrogen (secondary N) is 1. The molecule has 10 nitrogen and oxygen atoms in total. The Hall–Kier alpha value is -3.64. The normalized spacial score (nSPS) is 15.7. The van der Waals surface area contributed by atoms with Crippen LogP contribution < -0.4 is 10.2 Å². The van der Waals surface area contributed by atoms with Crippen molar-refractivity contribution in [3.05, 3.63) is 46.1 Å². The van der Waals surface area contributed by atoms with Crippen molar-refractivity contribution in [1.82, 2.24) is 9.78 Å². The van der Waals surface area contributed by atoms with Gasteiger partial charge in [0.2, 0.25) is 0 Å². The third-order valence-electron chi connectivity index (χ3n) is 5.74. The number of piperidine rings is 1. The van der Waals surface area contributed by atoms with Gasteiger partial charge in [-0.2, -0.15) is 18.3 Å². The Kier molecular flexibility index (Phi) is 7.66. The van der Waals surface area contributed by atoms with E-state index in [0.29, 0.717) is 11.9 Å². The average Bonchev–Trinajstić information content (AvgIpc) is 3.26. The number of aromatic nitrogens is 2. The number of nitrogens with zero attached hydrogens (tertiary/aromatic N) is 4. The number of alkyl halides is 3. The third-order valence-corrected chi connectivity index (χ3v) is 5.74. The summed E-state index contributed by atoms with van der Waals surface area (Å²) in [5, 5.41) is 18.2. The summed E-state index contributed by atoms with van der Waals surface area (Å²) in [4.78, 5) is 37.1. The molecule has 3 rings (SSSR count). The van der Waals surface area contributed by atoms with Crippen molar-refractivity contribution in [1.29, 1.82) is 0 Å². The first-order valence-corrected chi connectivity index (χ1v) is 11.0. The molecule has 1 aliphatic heterocycles. The molecule has 35 heavy (non-hydrogen) atoms. The first kappa shape index (κ1) is 26.0. The van der Waals surface area contributed by atoms with Gasteiger partial charge in [-0.1, -0.05) is 0 Å². The van der Waals surface area contributed by atoms with Gasteiger partial charge in [0, 0.05) is 31.3 Å². The monoisotopic (exact) mass is 497 g/mol. The fourth-order valence-corrected chi connectivity index (χ4v) is 3.85. The molecule has 1 amide bonds. The quantitative estimate of drug-likeness (QED) is 0.346. The van der Waals surface area contributed by atoms with Crippen LogP contribution >= 0.6 is 0 Å². The molecule has 1 N–H and O–H groups in total. The first-order valence-electron chi connectivity index (χ1n) is 11.0. The van der Waals surface area contributed by atoms with E-state index in [1.807, 2.05) is 13.8 Å². The summed E-state index contributed by atoms with van der Waals surface area (Å²) >= 11 is 0. The number of rotatable bonds is 7. The molecular weight excluding hydrogens is 471 g/mol. The van der Waals surface area contributed by atoms with E-state index in [9.17, 15) is 32.9 Å². The van der Waals surface area contributed by atoms with Gasteiger partial charge in [0.15, 0.2) is 6.10 Å². The second kappa shape index (κ2) is 10.3. The zero-order valence-corrected chi connectivity index (χ0v) is 19.4. The van der Waals surface area contributed by atoms with Crippen LogP contribution in [0.3, 0.4) is 0 Å². The smallest absolute Gasteiger partial charge is 0.416 e. The predicted molar refractivity (Wildman–Crippen MR) is 120 cm³/mol. The average molecular weight is 497 g/mol. The number of nitro groups is 1. The van der Waals surface area contributed by atoms with Crippen molar-refractivity contribution in [2.45, 2.75) is 51.9 Å². The van der Waals surface area contributed by atoms with E-state index >= 15 is 0 Å². The zero-order valence-electron chi connectivity index (χ0n) is 19.4. The number of carbonyl (C=O) groups excluding carboxylic acids is 2. The molecule has 1 atom stereocenters. The number of hydrogen-bond donors (Lipinski definition) is 1. The number of nitro benzene ring substituents is 1. The van der Waals surface area contributed by atoms with Gasteiger partial charge in [0.1, 0.15) is 11.5 Å². The molecule has 190 valence electrons. The van der Waals surface area contributed by atoms with Crippen molar-refractivity contribution in [2.75, 3.05) is 23.3 Å². The largest absolute Gasteiger partial charge is 0.452 e. The van der Waals surface area contributed by atoms with Crippen LogP contribution in [0.1, 0.15) is 45.2 Å². The first-order chi connectivity index (χ1) is 16.4. The second-order valence-corrected chi connectivity index (χ2v) is 8.54. The lowest BCUT2D eigenvalue weighted by Crippen LogP contribution is -2.39. The molecular formula is C22H26F3N5O5. The molecule has 1 unspecified atom stereocenters. The fourth-order valence-electron chi connectivity index (χ4n) is 3.85. The number of halogens is 3. The Bertz CT molecular complexity index is 1090. The summed E-state index contributed by atoms with van der Waals surface area (Å²) < 4.78 is 45.8. The van der Waals surface area contributed by atoms with E-state index in [4.69, 9.17) is 4.74 Å². The van der Waals surface area contributed by atoms with Gasteiger partial charge in [-0.15, -0.1) is 0 Å². The van der Waals surface area contributed by atoms with Crippen LogP contribution in [0.5, 0.6) is 0 Å². The number of hydrogen-bond acceptors (Lipinski definition) is 7. The Morgan fingerprint density at radius 1 is 1.20 bits per heavy atom. The molecule has 1 aromatic heterocycles. The van der Waals surface area contributed by atoms with Crippen molar-refractivity contribution in [2.24, 2.45) is 5.92 Å². The third kappa shape index (κ3) is 6.08. The summed E-state index contributed by atoms with van der Waals surface area (Å²) in [7, 11) is 0. The summed E-state index contributed by atoms with van der Waals surface area (Å²) in [6.45, 7) is 5.67. The molecule has 2 aromatic rings. The summed E-state index contributed by atoms with van der Waals surface area (Å²) in [5.41, 5.74) is -1.69. The number of carbonyl (C=O) groups is 2. The maximum atomic E-state index is 12.9. The number of amides is 1. The molecule has 1 aliphatic rings. The maximum absolute atomic E-state index is 12.9. The number of anilines is 2.